The number of benzene rings is 1. The highest BCUT2D eigenvalue weighted by Gasteiger charge is 2.20. The fraction of sp³-hybridized carbons (Fsp3) is 0.385. The molecule has 1 nitrogen and oxygen atoms in total. The molecule has 1 aliphatic carbocycles. The van der Waals surface area contributed by atoms with Crippen LogP contribution in [0.1, 0.15) is 30.5 Å². The van der Waals surface area contributed by atoms with Crippen LogP contribution in [-0.4, -0.2) is 6.54 Å². The molecular weight excluding hydrogens is 206 g/mol. The first kappa shape index (κ1) is 10.7. The zero-order valence-electron chi connectivity index (χ0n) is 8.96. The molecule has 0 bridgehead atoms. The van der Waals surface area contributed by atoms with Gasteiger partial charge in [0.05, 0.1) is 0 Å². The fourth-order valence-corrected chi connectivity index (χ4v) is 2.17. The van der Waals surface area contributed by atoms with Gasteiger partial charge in [-0.15, -0.1) is 0 Å². The summed E-state index contributed by atoms with van der Waals surface area (Å²) in [4.78, 5) is 0. The van der Waals surface area contributed by atoms with Crippen molar-refractivity contribution in [3.05, 3.63) is 46.5 Å². The van der Waals surface area contributed by atoms with Crippen LogP contribution < -0.4 is 5.32 Å². The molecule has 0 fully saturated rings. The second-order valence-corrected chi connectivity index (χ2v) is 4.34. The van der Waals surface area contributed by atoms with Gasteiger partial charge >= 0.3 is 0 Å². The van der Waals surface area contributed by atoms with E-state index < -0.39 is 0 Å². The number of rotatable bonds is 3. The van der Waals surface area contributed by atoms with E-state index in [0.29, 0.717) is 6.04 Å². The van der Waals surface area contributed by atoms with Gasteiger partial charge < -0.3 is 5.32 Å². The molecule has 1 unspecified atom stereocenters. The molecule has 0 radical (unpaired) electrons. The Labute approximate surface area is 96.1 Å². The lowest BCUT2D eigenvalue weighted by Crippen LogP contribution is -2.20. The maximum Gasteiger partial charge on any atom is 0.0329 e. The van der Waals surface area contributed by atoms with Crippen molar-refractivity contribution in [1.29, 1.82) is 0 Å². The molecule has 2 rings (SSSR count). The first-order chi connectivity index (χ1) is 7.31. The SMILES string of the molecule is C/C(=C/Cl)CNC1CCc2ccccc21. The summed E-state index contributed by atoms with van der Waals surface area (Å²) in [6.45, 7) is 2.92. The summed E-state index contributed by atoms with van der Waals surface area (Å²) in [6, 6.07) is 9.18. The van der Waals surface area contributed by atoms with Crippen LogP contribution in [0.25, 0.3) is 0 Å². The minimum atomic E-state index is 0.507. The van der Waals surface area contributed by atoms with Gasteiger partial charge in [0, 0.05) is 18.1 Å². The highest BCUT2D eigenvalue weighted by Crippen LogP contribution is 2.30. The molecule has 1 aromatic carbocycles. The number of halogens is 1. The van der Waals surface area contributed by atoms with E-state index in [9.17, 15) is 0 Å². The van der Waals surface area contributed by atoms with Crippen LogP contribution in [-0.2, 0) is 6.42 Å². The van der Waals surface area contributed by atoms with Gasteiger partial charge in [0.1, 0.15) is 0 Å². The van der Waals surface area contributed by atoms with E-state index in [4.69, 9.17) is 11.6 Å². The van der Waals surface area contributed by atoms with Crippen molar-refractivity contribution >= 4 is 11.6 Å². The molecule has 0 aliphatic heterocycles. The summed E-state index contributed by atoms with van der Waals surface area (Å²) in [5, 5.41) is 3.54. The summed E-state index contributed by atoms with van der Waals surface area (Å²) >= 11 is 5.64. The summed E-state index contributed by atoms with van der Waals surface area (Å²) in [5.41, 5.74) is 5.77. The van der Waals surface area contributed by atoms with E-state index >= 15 is 0 Å². The van der Waals surface area contributed by atoms with E-state index in [1.54, 1.807) is 5.54 Å². The molecule has 1 N–H and O–H groups in total. The highest BCUT2D eigenvalue weighted by molar-refractivity contribution is 6.25. The smallest absolute Gasteiger partial charge is 0.0329 e. The molecule has 1 atom stereocenters. The van der Waals surface area contributed by atoms with Crippen molar-refractivity contribution in [2.24, 2.45) is 0 Å². The van der Waals surface area contributed by atoms with Crippen LogP contribution in [0.4, 0.5) is 0 Å². The lowest BCUT2D eigenvalue weighted by molar-refractivity contribution is 0.556. The van der Waals surface area contributed by atoms with Crippen LogP contribution >= 0.6 is 11.6 Å². The average Bonchev–Trinajstić information content (AvgIpc) is 2.69. The van der Waals surface area contributed by atoms with Crippen molar-refractivity contribution in [3.8, 4) is 0 Å². The Bertz CT molecular complexity index is 371. The van der Waals surface area contributed by atoms with Gasteiger partial charge in [0.2, 0.25) is 0 Å². The highest BCUT2D eigenvalue weighted by atomic mass is 35.5. The molecule has 0 spiro atoms. The van der Waals surface area contributed by atoms with Crippen LogP contribution in [0.3, 0.4) is 0 Å². The number of hydrogen-bond acceptors (Lipinski definition) is 1. The molecular formula is C13H16ClN. The van der Waals surface area contributed by atoms with E-state index in [0.717, 1.165) is 6.54 Å². The first-order valence-electron chi connectivity index (χ1n) is 5.38. The van der Waals surface area contributed by atoms with Gasteiger partial charge in [0.25, 0.3) is 0 Å². The Balaban J connectivity index is 2.02. The van der Waals surface area contributed by atoms with Crippen LogP contribution in [0.15, 0.2) is 35.4 Å². The maximum atomic E-state index is 5.64. The predicted molar refractivity (Wildman–Crippen MR) is 65.1 cm³/mol. The second kappa shape index (κ2) is 4.82. The lowest BCUT2D eigenvalue weighted by Gasteiger charge is -2.13. The molecule has 80 valence electrons. The molecule has 0 heterocycles. The summed E-state index contributed by atoms with van der Waals surface area (Å²) in [5.74, 6) is 0. The number of aryl methyl sites for hydroxylation is 1. The Hall–Kier alpha value is -0.790. The van der Waals surface area contributed by atoms with Crippen molar-refractivity contribution < 1.29 is 0 Å². The Morgan fingerprint density at radius 3 is 3.13 bits per heavy atom. The molecule has 1 aromatic rings. The van der Waals surface area contributed by atoms with Crippen LogP contribution in [0.5, 0.6) is 0 Å². The molecule has 15 heavy (non-hydrogen) atoms. The third-order valence-electron chi connectivity index (χ3n) is 2.95. The van der Waals surface area contributed by atoms with Gasteiger partial charge in [-0.1, -0.05) is 35.9 Å². The molecule has 1 aliphatic rings. The minimum Gasteiger partial charge on any atom is -0.306 e. The minimum absolute atomic E-state index is 0.507. The second-order valence-electron chi connectivity index (χ2n) is 4.13. The normalized spacial score (nSPS) is 20.4. The summed E-state index contributed by atoms with van der Waals surface area (Å²) in [7, 11) is 0. The molecule has 2 heteroatoms. The third kappa shape index (κ3) is 2.42. The predicted octanol–water partition coefficient (Wildman–Crippen LogP) is 3.41. The Kier molecular flexibility index (Phi) is 3.45. The van der Waals surface area contributed by atoms with Crippen LogP contribution in [0.2, 0.25) is 0 Å². The van der Waals surface area contributed by atoms with E-state index in [1.165, 1.54) is 29.5 Å². The Morgan fingerprint density at radius 2 is 2.33 bits per heavy atom. The Morgan fingerprint density at radius 1 is 1.53 bits per heavy atom. The van der Waals surface area contributed by atoms with Crippen molar-refractivity contribution in [2.45, 2.75) is 25.8 Å². The van der Waals surface area contributed by atoms with Gasteiger partial charge in [-0.3, -0.25) is 0 Å². The molecule has 0 saturated heterocycles. The molecule has 0 aromatic heterocycles. The fourth-order valence-electron chi connectivity index (χ4n) is 2.09. The van der Waals surface area contributed by atoms with E-state index in [2.05, 4.69) is 29.6 Å². The zero-order valence-corrected chi connectivity index (χ0v) is 9.72. The average molecular weight is 222 g/mol. The maximum absolute atomic E-state index is 5.64. The number of hydrogen-bond donors (Lipinski definition) is 1. The lowest BCUT2D eigenvalue weighted by atomic mass is 10.1. The van der Waals surface area contributed by atoms with Gasteiger partial charge in [0.15, 0.2) is 0 Å². The van der Waals surface area contributed by atoms with E-state index in [-0.39, 0.29) is 0 Å². The topological polar surface area (TPSA) is 12.0 Å². The van der Waals surface area contributed by atoms with Crippen molar-refractivity contribution in [2.75, 3.05) is 6.54 Å². The summed E-state index contributed by atoms with van der Waals surface area (Å²) in [6.07, 6.45) is 2.40. The molecule has 0 saturated carbocycles. The standard InChI is InChI=1S/C13H16ClN/c1-10(8-14)9-15-13-7-6-11-4-2-3-5-12(11)13/h2-5,8,13,15H,6-7,9H2,1H3/b10-8-. The van der Waals surface area contributed by atoms with Gasteiger partial charge in [-0.25, -0.2) is 0 Å². The number of nitrogens with one attached hydrogen (secondary N) is 1. The van der Waals surface area contributed by atoms with E-state index in [1.807, 2.05) is 6.92 Å². The van der Waals surface area contributed by atoms with Crippen molar-refractivity contribution in [1.82, 2.24) is 5.32 Å². The van der Waals surface area contributed by atoms with Gasteiger partial charge in [-0.05, 0) is 36.5 Å². The molecule has 0 amide bonds. The monoisotopic (exact) mass is 221 g/mol. The van der Waals surface area contributed by atoms with Crippen molar-refractivity contribution in [3.63, 3.8) is 0 Å². The van der Waals surface area contributed by atoms with Gasteiger partial charge in [-0.2, -0.15) is 0 Å². The first-order valence-corrected chi connectivity index (χ1v) is 5.82. The zero-order chi connectivity index (χ0) is 10.7. The number of fused-ring (bicyclic) bond motifs is 1. The summed E-state index contributed by atoms with van der Waals surface area (Å²) < 4.78 is 0. The quantitative estimate of drug-likeness (QED) is 0.825. The third-order valence-corrected chi connectivity index (χ3v) is 3.32. The van der Waals surface area contributed by atoms with Crippen LogP contribution in [0, 0.1) is 0 Å². The largest absolute Gasteiger partial charge is 0.306 e.